The van der Waals surface area contributed by atoms with Gasteiger partial charge in [0.15, 0.2) is 11.6 Å². The summed E-state index contributed by atoms with van der Waals surface area (Å²) in [5.74, 6) is -3.24. The summed E-state index contributed by atoms with van der Waals surface area (Å²) in [6.07, 6.45) is 1.73. The van der Waals surface area contributed by atoms with Crippen LogP contribution in [0.15, 0.2) is 47.5 Å². The number of anilines is 1. The summed E-state index contributed by atoms with van der Waals surface area (Å²) in [7, 11) is 0. The van der Waals surface area contributed by atoms with Crippen LogP contribution in [0.3, 0.4) is 0 Å². The van der Waals surface area contributed by atoms with Gasteiger partial charge in [0.25, 0.3) is 5.91 Å². The van der Waals surface area contributed by atoms with Crippen molar-refractivity contribution in [1.29, 1.82) is 0 Å². The smallest absolute Gasteiger partial charge is 0.258 e. The van der Waals surface area contributed by atoms with E-state index in [-0.39, 0.29) is 17.6 Å². The Balaban J connectivity index is 1.76. The first-order chi connectivity index (χ1) is 13.0. The molecule has 0 aliphatic carbocycles. The third kappa shape index (κ3) is 5.30. The van der Waals surface area contributed by atoms with Crippen molar-refractivity contribution in [1.82, 2.24) is 5.32 Å². The Morgan fingerprint density at radius 1 is 1.15 bits per heavy atom. The number of guanidine groups is 1. The Kier molecular flexibility index (Phi) is 6.08. The van der Waals surface area contributed by atoms with Gasteiger partial charge < -0.3 is 10.1 Å². The zero-order chi connectivity index (χ0) is 19.2. The molecular formula is C19H18F3N3O2. The second-order valence-electron chi connectivity index (χ2n) is 6.04. The topological polar surface area (TPSA) is 62.7 Å². The first-order valence-corrected chi connectivity index (χ1v) is 8.46. The molecule has 1 atom stereocenters. The maximum Gasteiger partial charge on any atom is 0.258 e. The summed E-state index contributed by atoms with van der Waals surface area (Å²) >= 11 is 0. The van der Waals surface area contributed by atoms with E-state index in [9.17, 15) is 18.0 Å². The minimum atomic E-state index is -1.13. The number of rotatable bonds is 4. The second kappa shape index (κ2) is 8.68. The van der Waals surface area contributed by atoms with Crippen LogP contribution < -0.4 is 10.6 Å². The Bertz CT molecular complexity index is 852. The molecule has 0 radical (unpaired) electrons. The molecule has 8 heteroatoms. The number of benzene rings is 2. The SMILES string of the molecule is O=C(NC(=NC[C@@H]1CCCO1)Nc1cccc(F)c1)c1ccc(F)c(F)c1. The van der Waals surface area contributed by atoms with Gasteiger partial charge in [-0.25, -0.2) is 18.2 Å². The molecule has 2 aromatic carbocycles. The van der Waals surface area contributed by atoms with Gasteiger partial charge in [0.05, 0.1) is 12.6 Å². The lowest BCUT2D eigenvalue weighted by molar-refractivity contribution is 0.0975. The predicted octanol–water partition coefficient (Wildman–Crippen LogP) is 3.48. The van der Waals surface area contributed by atoms with Crippen LogP contribution in [0, 0.1) is 17.5 Å². The van der Waals surface area contributed by atoms with Crippen molar-refractivity contribution >= 4 is 17.6 Å². The zero-order valence-corrected chi connectivity index (χ0v) is 14.3. The molecule has 2 N–H and O–H groups in total. The van der Waals surface area contributed by atoms with Gasteiger partial charge in [-0.15, -0.1) is 0 Å². The molecule has 0 bridgehead atoms. The minimum Gasteiger partial charge on any atom is -0.376 e. The van der Waals surface area contributed by atoms with Crippen molar-refractivity contribution in [2.75, 3.05) is 18.5 Å². The quantitative estimate of drug-likeness (QED) is 0.633. The van der Waals surface area contributed by atoms with Gasteiger partial charge in [-0.05, 0) is 49.2 Å². The first kappa shape index (κ1) is 18.9. The van der Waals surface area contributed by atoms with Gasteiger partial charge in [0, 0.05) is 17.9 Å². The van der Waals surface area contributed by atoms with Gasteiger partial charge in [0.2, 0.25) is 5.96 Å². The lowest BCUT2D eigenvalue weighted by Crippen LogP contribution is -2.36. The Labute approximate surface area is 154 Å². The number of ether oxygens (including phenoxy) is 1. The van der Waals surface area contributed by atoms with Gasteiger partial charge >= 0.3 is 0 Å². The standard InChI is InChI=1S/C19H18F3N3O2/c20-13-3-1-4-14(10-13)24-19(23-11-15-5-2-8-27-15)25-18(26)12-6-7-16(21)17(22)9-12/h1,3-4,6-7,9-10,15H,2,5,8,11H2,(H2,23,24,25,26)/t15-/m0/s1. The van der Waals surface area contributed by atoms with E-state index in [1.165, 1.54) is 18.2 Å². The number of hydrogen-bond donors (Lipinski definition) is 2. The van der Waals surface area contributed by atoms with Gasteiger partial charge in [0.1, 0.15) is 5.82 Å². The first-order valence-electron chi connectivity index (χ1n) is 8.46. The summed E-state index contributed by atoms with van der Waals surface area (Å²) in [6.45, 7) is 0.962. The van der Waals surface area contributed by atoms with Crippen molar-refractivity contribution in [3.05, 3.63) is 65.5 Å². The fourth-order valence-corrected chi connectivity index (χ4v) is 2.61. The van der Waals surface area contributed by atoms with Crippen LogP contribution in [-0.4, -0.2) is 31.1 Å². The van der Waals surface area contributed by atoms with E-state index in [0.29, 0.717) is 18.8 Å². The summed E-state index contributed by atoms with van der Waals surface area (Å²) in [5, 5.41) is 5.33. The number of carbonyl (C=O) groups is 1. The molecule has 142 valence electrons. The van der Waals surface area contributed by atoms with E-state index < -0.39 is 23.4 Å². The molecule has 0 spiro atoms. The summed E-state index contributed by atoms with van der Waals surface area (Å²) in [5.41, 5.74) is 0.312. The van der Waals surface area contributed by atoms with E-state index in [0.717, 1.165) is 31.0 Å². The Morgan fingerprint density at radius 3 is 2.70 bits per heavy atom. The molecule has 5 nitrogen and oxygen atoms in total. The fourth-order valence-electron chi connectivity index (χ4n) is 2.61. The van der Waals surface area contributed by atoms with Crippen molar-refractivity contribution in [2.45, 2.75) is 18.9 Å². The molecular weight excluding hydrogens is 359 g/mol. The molecule has 27 heavy (non-hydrogen) atoms. The second-order valence-corrected chi connectivity index (χ2v) is 6.04. The van der Waals surface area contributed by atoms with Crippen LogP contribution in [-0.2, 0) is 4.74 Å². The number of nitrogens with one attached hydrogen (secondary N) is 2. The minimum absolute atomic E-state index is 0.0607. The summed E-state index contributed by atoms with van der Waals surface area (Å²) in [6, 6.07) is 8.46. The molecule has 1 amide bonds. The maximum absolute atomic E-state index is 13.4. The molecule has 1 fully saturated rings. The van der Waals surface area contributed by atoms with E-state index in [4.69, 9.17) is 4.74 Å². The van der Waals surface area contributed by atoms with Crippen LogP contribution in [0.25, 0.3) is 0 Å². The number of carbonyl (C=O) groups excluding carboxylic acids is 1. The van der Waals surface area contributed by atoms with E-state index in [1.54, 1.807) is 6.07 Å². The highest BCUT2D eigenvalue weighted by Crippen LogP contribution is 2.13. The van der Waals surface area contributed by atoms with Gasteiger partial charge in [-0.3, -0.25) is 10.1 Å². The van der Waals surface area contributed by atoms with Gasteiger partial charge in [-0.1, -0.05) is 6.07 Å². The number of amides is 1. The average molecular weight is 377 g/mol. The molecule has 0 aromatic heterocycles. The maximum atomic E-state index is 13.4. The Morgan fingerprint density at radius 2 is 2.00 bits per heavy atom. The van der Waals surface area contributed by atoms with E-state index in [1.807, 2.05) is 0 Å². The van der Waals surface area contributed by atoms with Crippen LogP contribution in [0.5, 0.6) is 0 Å². The van der Waals surface area contributed by atoms with Crippen molar-refractivity contribution in [2.24, 2.45) is 4.99 Å². The molecule has 0 saturated carbocycles. The summed E-state index contributed by atoms with van der Waals surface area (Å²) in [4.78, 5) is 16.6. The normalized spacial score (nSPS) is 17.0. The molecule has 2 aromatic rings. The molecule has 3 rings (SSSR count). The third-order valence-electron chi connectivity index (χ3n) is 3.98. The monoisotopic (exact) mass is 377 g/mol. The highest BCUT2D eigenvalue weighted by Gasteiger charge is 2.17. The highest BCUT2D eigenvalue weighted by atomic mass is 19.2. The molecule has 1 heterocycles. The zero-order valence-electron chi connectivity index (χ0n) is 14.3. The molecule has 0 unspecified atom stereocenters. The molecule has 1 saturated heterocycles. The largest absolute Gasteiger partial charge is 0.376 e. The van der Waals surface area contributed by atoms with Crippen LogP contribution in [0.2, 0.25) is 0 Å². The average Bonchev–Trinajstić information content (AvgIpc) is 3.15. The van der Waals surface area contributed by atoms with Crippen molar-refractivity contribution in [3.8, 4) is 0 Å². The van der Waals surface area contributed by atoms with E-state index in [2.05, 4.69) is 15.6 Å². The predicted molar refractivity (Wildman–Crippen MR) is 95.1 cm³/mol. The Hall–Kier alpha value is -2.87. The van der Waals surface area contributed by atoms with Crippen LogP contribution in [0.1, 0.15) is 23.2 Å². The number of nitrogens with zero attached hydrogens (tertiary/aromatic N) is 1. The van der Waals surface area contributed by atoms with Crippen molar-refractivity contribution < 1.29 is 22.7 Å². The molecule has 1 aliphatic heterocycles. The number of halogens is 3. The number of hydrogen-bond acceptors (Lipinski definition) is 3. The number of aliphatic imine (C=N–C) groups is 1. The third-order valence-corrected chi connectivity index (χ3v) is 3.98. The molecule has 1 aliphatic rings. The van der Waals surface area contributed by atoms with Crippen LogP contribution in [0.4, 0.5) is 18.9 Å². The van der Waals surface area contributed by atoms with Crippen LogP contribution >= 0.6 is 0 Å². The highest BCUT2D eigenvalue weighted by molar-refractivity contribution is 6.09. The lowest BCUT2D eigenvalue weighted by Gasteiger charge is -2.13. The summed E-state index contributed by atoms with van der Waals surface area (Å²) < 4.78 is 45.3. The lowest BCUT2D eigenvalue weighted by atomic mass is 10.2. The van der Waals surface area contributed by atoms with E-state index >= 15 is 0 Å². The van der Waals surface area contributed by atoms with Crippen molar-refractivity contribution in [3.63, 3.8) is 0 Å². The fraction of sp³-hybridized carbons (Fsp3) is 0.263. The van der Waals surface area contributed by atoms with Gasteiger partial charge in [-0.2, -0.15) is 0 Å².